The first-order valence-corrected chi connectivity index (χ1v) is 8.06. The quantitative estimate of drug-likeness (QED) is 0.512. The molecule has 5 heteroatoms. The molecule has 0 radical (unpaired) electrons. The van der Waals surface area contributed by atoms with E-state index in [0.29, 0.717) is 24.7 Å². The minimum atomic E-state index is -0.425. The van der Waals surface area contributed by atoms with Gasteiger partial charge in [0, 0.05) is 6.42 Å². The van der Waals surface area contributed by atoms with E-state index in [2.05, 4.69) is 0 Å². The molecule has 2 unspecified atom stereocenters. The van der Waals surface area contributed by atoms with Crippen molar-refractivity contribution in [3.05, 3.63) is 5.92 Å². The molecule has 0 saturated heterocycles. The van der Waals surface area contributed by atoms with Crippen molar-refractivity contribution in [2.75, 3.05) is 7.11 Å². The van der Waals surface area contributed by atoms with Gasteiger partial charge in [-0.05, 0) is 43.9 Å². The van der Waals surface area contributed by atoms with Crippen LogP contribution >= 0.6 is 0 Å². The van der Waals surface area contributed by atoms with E-state index < -0.39 is 11.0 Å². The van der Waals surface area contributed by atoms with Crippen LogP contribution in [-0.4, -0.2) is 24.6 Å². The third-order valence-electron chi connectivity index (χ3n) is 5.81. The van der Waals surface area contributed by atoms with Crippen molar-refractivity contribution in [1.29, 1.82) is 0 Å². The third-order valence-corrected chi connectivity index (χ3v) is 5.81. The van der Waals surface area contributed by atoms with Gasteiger partial charge in [0.15, 0.2) is 5.97 Å². The molecule has 4 aliphatic rings. The van der Waals surface area contributed by atoms with Gasteiger partial charge in [-0.3, -0.25) is 15.5 Å². The van der Waals surface area contributed by atoms with E-state index in [0.717, 1.165) is 31.6 Å². The number of rotatable bonds is 4. The molecular formula is C17H25O4Rb. The van der Waals surface area contributed by atoms with Crippen LogP contribution in [0, 0.1) is 23.2 Å². The zero-order chi connectivity index (χ0) is 15.3. The number of hydrogen-bond donors (Lipinski definition) is 0. The Kier molecular flexibility index (Phi) is 5.90. The van der Waals surface area contributed by atoms with E-state index in [1.54, 1.807) is 0 Å². The van der Waals surface area contributed by atoms with Gasteiger partial charge in [0.05, 0.1) is 12.5 Å². The first-order chi connectivity index (χ1) is 9.92. The van der Waals surface area contributed by atoms with Gasteiger partial charge >= 0.3 is 64.2 Å². The fraction of sp³-hybridized carbons (Fsp3) is 0.824. The standard InChI is InChI=1S/C17H25O4.Rb/c1-4-11(2)14(18)21-17-8-12-5-13(9-17)7-16(6-12,10-17)15(19)20-3;/h12-13H,4-10H2,1-3H3;/q-1;+1. The number of hydrogen-bond acceptors (Lipinski definition) is 4. The average Bonchev–Trinajstić information content (AvgIpc) is 2.43. The Morgan fingerprint density at radius 1 is 1.18 bits per heavy atom. The maximum absolute atomic E-state index is 12.3. The van der Waals surface area contributed by atoms with Crippen LogP contribution in [0.1, 0.15) is 58.8 Å². The van der Waals surface area contributed by atoms with E-state index in [4.69, 9.17) is 9.47 Å². The first-order valence-electron chi connectivity index (χ1n) is 8.06. The van der Waals surface area contributed by atoms with Crippen molar-refractivity contribution in [1.82, 2.24) is 0 Å². The molecule has 0 aromatic heterocycles. The third kappa shape index (κ3) is 3.22. The molecule has 0 aromatic carbocycles. The maximum atomic E-state index is 12.3. The van der Waals surface area contributed by atoms with Crippen molar-refractivity contribution in [2.45, 2.75) is 64.4 Å². The summed E-state index contributed by atoms with van der Waals surface area (Å²) in [4.78, 5) is 24.5. The molecule has 4 fully saturated rings. The molecule has 4 bridgehead atoms. The molecule has 0 N–H and O–H groups in total. The predicted octanol–water partition coefficient (Wildman–Crippen LogP) is 0.0500. The molecule has 0 spiro atoms. The Morgan fingerprint density at radius 3 is 2.27 bits per heavy atom. The van der Waals surface area contributed by atoms with Crippen LogP contribution in [0.4, 0.5) is 0 Å². The molecule has 4 rings (SSSR count). The average molecular weight is 379 g/mol. The molecule has 22 heavy (non-hydrogen) atoms. The van der Waals surface area contributed by atoms with E-state index in [1.165, 1.54) is 13.5 Å². The van der Waals surface area contributed by atoms with E-state index in [-0.39, 0.29) is 70.1 Å². The van der Waals surface area contributed by atoms with Gasteiger partial charge in [-0.25, -0.2) is 0 Å². The van der Waals surface area contributed by atoms with Crippen molar-refractivity contribution in [3.63, 3.8) is 0 Å². The topological polar surface area (TPSA) is 52.6 Å². The monoisotopic (exact) mass is 378 g/mol. The second kappa shape index (κ2) is 6.85. The summed E-state index contributed by atoms with van der Waals surface area (Å²) in [5.74, 6) is 1.48. The van der Waals surface area contributed by atoms with E-state index in [9.17, 15) is 9.59 Å². The summed E-state index contributed by atoms with van der Waals surface area (Å²) in [6.07, 6.45) is 6.20. The molecule has 0 amide bonds. The Hall–Kier alpha value is 0.615. The predicted molar refractivity (Wildman–Crippen MR) is 77.2 cm³/mol. The van der Waals surface area contributed by atoms with Crippen LogP contribution in [0.25, 0.3) is 0 Å². The molecule has 0 aliphatic heterocycles. The summed E-state index contributed by atoms with van der Waals surface area (Å²) < 4.78 is 11.0. The van der Waals surface area contributed by atoms with Crippen LogP contribution in [0.3, 0.4) is 0 Å². The molecule has 118 valence electrons. The fourth-order valence-corrected chi connectivity index (χ4v) is 5.18. The van der Waals surface area contributed by atoms with Gasteiger partial charge in [0.2, 0.25) is 0 Å². The molecule has 4 saturated carbocycles. The Balaban J connectivity index is 0.00000176. The summed E-state index contributed by atoms with van der Waals surface area (Å²) in [5, 5.41) is 0. The van der Waals surface area contributed by atoms with Crippen LogP contribution in [0.5, 0.6) is 0 Å². The summed E-state index contributed by atoms with van der Waals surface area (Å²) in [5.41, 5.74) is -0.828. The van der Waals surface area contributed by atoms with Gasteiger partial charge in [-0.15, -0.1) is 0 Å². The number of esters is 2. The molecule has 4 aliphatic carbocycles. The van der Waals surface area contributed by atoms with Crippen molar-refractivity contribution < 1.29 is 77.3 Å². The van der Waals surface area contributed by atoms with Gasteiger partial charge in [-0.2, -0.15) is 13.3 Å². The summed E-state index contributed by atoms with van der Waals surface area (Å²) in [6, 6.07) is 0. The van der Waals surface area contributed by atoms with Gasteiger partial charge in [-0.1, -0.05) is 6.92 Å². The molecule has 0 heterocycles. The SMILES string of the molecule is CC[C-](C)C(=O)OC12CC3CC(C1)CC(C(=O)OC)(C3)C2.[Rb+]. The Labute approximate surface area is 181 Å². The van der Waals surface area contributed by atoms with Crippen molar-refractivity contribution >= 4 is 11.9 Å². The molecule has 2 atom stereocenters. The number of ether oxygens (including phenoxy) is 2. The smallest absolute Gasteiger partial charge is 0.482 e. The molecule has 0 aromatic rings. The van der Waals surface area contributed by atoms with E-state index >= 15 is 0 Å². The number of carbonyl (C=O) groups excluding carboxylic acids is 2. The Morgan fingerprint density at radius 2 is 1.77 bits per heavy atom. The zero-order valence-electron chi connectivity index (χ0n) is 14.2. The number of methoxy groups -OCH3 is 1. The molecule has 4 nitrogen and oxygen atoms in total. The summed E-state index contributed by atoms with van der Waals surface area (Å²) in [7, 11) is 1.47. The van der Waals surface area contributed by atoms with Crippen molar-refractivity contribution in [3.8, 4) is 0 Å². The van der Waals surface area contributed by atoms with Crippen LogP contribution in [0.2, 0.25) is 0 Å². The summed E-state index contributed by atoms with van der Waals surface area (Å²) >= 11 is 0. The maximum Gasteiger partial charge on any atom is 1.00 e. The first kappa shape index (κ1) is 18.9. The molecular weight excluding hydrogens is 354 g/mol. The minimum Gasteiger partial charge on any atom is -0.482 e. The normalized spacial score (nSPS) is 38.1. The van der Waals surface area contributed by atoms with Crippen LogP contribution in [-0.2, 0) is 19.1 Å². The number of carbonyl (C=O) groups is 2. The van der Waals surface area contributed by atoms with Crippen LogP contribution in [0.15, 0.2) is 0 Å². The fourth-order valence-electron chi connectivity index (χ4n) is 5.18. The minimum absolute atomic E-state index is 0. The van der Waals surface area contributed by atoms with Gasteiger partial charge in [0.25, 0.3) is 0 Å². The van der Waals surface area contributed by atoms with Gasteiger partial charge in [0.1, 0.15) is 5.60 Å². The van der Waals surface area contributed by atoms with Gasteiger partial charge < -0.3 is 9.47 Å². The summed E-state index contributed by atoms with van der Waals surface area (Å²) in [6.45, 7) is 3.80. The van der Waals surface area contributed by atoms with E-state index in [1.807, 2.05) is 13.8 Å². The Bertz CT molecular complexity index is 448. The van der Waals surface area contributed by atoms with Crippen LogP contribution < -0.4 is 58.2 Å². The largest absolute Gasteiger partial charge is 1.00 e. The second-order valence-electron chi connectivity index (χ2n) is 7.44. The van der Waals surface area contributed by atoms with Crippen molar-refractivity contribution in [2.24, 2.45) is 17.3 Å². The second-order valence-corrected chi connectivity index (χ2v) is 7.44. The zero-order valence-corrected chi connectivity index (χ0v) is 19.2.